The Kier molecular flexibility index (Phi) is 5.98. The molecule has 0 aliphatic carbocycles. The van der Waals surface area contributed by atoms with Gasteiger partial charge in [-0.2, -0.15) is 5.10 Å². The lowest BCUT2D eigenvalue weighted by Crippen LogP contribution is -2.28. The zero-order valence-corrected chi connectivity index (χ0v) is 16.1. The summed E-state index contributed by atoms with van der Waals surface area (Å²) in [6, 6.07) is 14.4. The first-order chi connectivity index (χ1) is 13.0. The topological polar surface area (TPSA) is 66.1 Å². The van der Waals surface area contributed by atoms with Crippen molar-refractivity contribution in [1.29, 1.82) is 0 Å². The first kappa shape index (κ1) is 19.2. The molecular formula is C19H17Cl2N3O3. The number of ether oxygens (including phenoxy) is 1. The van der Waals surface area contributed by atoms with Gasteiger partial charge in [-0.25, -0.2) is 14.0 Å². The van der Waals surface area contributed by atoms with Crippen LogP contribution in [0.4, 0.5) is 0 Å². The van der Waals surface area contributed by atoms with Crippen LogP contribution in [0.3, 0.4) is 0 Å². The number of nitrogens with zero attached hydrogens (tertiary/aromatic N) is 3. The van der Waals surface area contributed by atoms with Crippen LogP contribution in [0.15, 0.2) is 53.3 Å². The Balaban J connectivity index is 2.09. The minimum atomic E-state index is -0.528. The molecule has 0 atom stereocenters. The summed E-state index contributed by atoms with van der Waals surface area (Å²) < 4.78 is 7.42. The highest BCUT2D eigenvalue weighted by Gasteiger charge is 2.18. The summed E-state index contributed by atoms with van der Waals surface area (Å²) in [5.41, 5.74) is 0.992. The Bertz CT molecular complexity index is 993. The number of benzene rings is 2. The van der Waals surface area contributed by atoms with Crippen molar-refractivity contribution < 1.29 is 9.53 Å². The molecule has 0 saturated heterocycles. The average Bonchev–Trinajstić information content (AvgIpc) is 2.90. The van der Waals surface area contributed by atoms with E-state index < -0.39 is 11.7 Å². The summed E-state index contributed by atoms with van der Waals surface area (Å²) in [6.45, 7) is 1.67. The van der Waals surface area contributed by atoms with Crippen molar-refractivity contribution in [1.82, 2.24) is 14.3 Å². The van der Waals surface area contributed by atoms with Crippen LogP contribution in [0.25, 0.3) is 5.69 Å². The van der Waals surface area contributed by atoms with E-state index in [1.165, 1.54) is 4.57 Å². The standard InChI is InChI=1S/C19H17Cl2N3O3/c1-2-27-18(25)12-23-19(26)24(16-10-14(20)9-15(21)11-16)17(22-23)8-13-6-4-3-5-7-13/h3-7,9-11H,2,8,12H2,1H3. The number of carbonyl (C=O) groups excluding carboxylic acids is 1. The van der Waals surface area contributed by atoms with Crippen LogP contribution in [0.2, 0.25) is 10.0 Å². The van der Waals surface area contributed by atoms with Gasteiger partial charge in [-0.15, -0.1) is 0 Å². The molecule has 1 heterocycles. The van der Waals surface area contributed by atoms with Crippen LogP contribution in [-0.4, -0.2) is 26.9 Å². The number of hydrogen-bond acceptors (Lipinski definition) is 4. The van der Waals surface area contributed by atoms with Gasteiger partial charge < -0.3 is 4.74 Å². The summed E-state index contributed by atoms with van der Waals surface area (Å²) in [4.78, 5) is 24.7. The van der Waals surface area contributed by atoms with Crippen molar-refractivity contribution in [3.05, 3.63) is 80.4 Å². The van der Waals surface area contributed by atoms with Crippen molar-refractivity contribution in [2.24, 2.45) is 0 Å². The Morgan fingerprint density at radius 3 is 2.41 bits per heavy atom. The highest BCUT2D eigenvalue weighted by molar-refractivity contribution is 6.34. The minimum Gasteiger partial charge on any atom is -0.465 e. The van der Waals surface area contributed by atoms with Gasteiger partial charge >= 0.3 is 11.7 Å². The fraction of sp³-hybridized carbons (Fsp3) is 0.211. The van der Waals surface area contributed by atoms with Gasteiger partial charge in [0.05, 0.1) is 12.3 Å². The molecule has 0 bridgehead atoms. The third-order valence-electron chi connectivity index (χ3n) is 3.80. The Morgan fingerprint density at radius 1 is 1.11 bits per heavy atom. The molecule has 27 heavy (non-hydrogen) atoms. The Labute approximate surface area is 165 Å². The zero-order chi connectivity index (χ0) is 19.4. The fourth-order valence-electron chi connectivity index (χ4n) is 2.71. The number of esters is 1. The van der Waals surface area contributed by atoms with Gasteiger partial charge in [0.25, 0.3) is 0 Å². The van der Waals surface area contributed by atoms with E-state index in [1.54, 1.807) is 25.1 Å². The summed E-state index contributed by atoms with van der Waals surface area (Å²) >= 11 is 12.2. The van der Waals surface area contributed by atoms with E-state index in [1.807, 2.05) is 30.3 Å². The van der Waals surface area contributed by atoms with Gasteiger partial charge in [-0.3, -0.25) is 4.79 Å². The molecule has 6 nitrogen and oxygen atoms in total. The second-order valence-corrected chi connectivity index (χ2v) is 6.66. The van der Waals surface area contributed by atoms with Crippen molar-refractivity contribution in [3.8, 4) is 5.69 Å². The summed E-state index contributed by atoms with van der Waals surface area (Å²) in [5.74, 6) is -0.0616. The van der Waals surface area contributed by atoms with E-state index in [9.17, 15) is 9.59 Å². The van der Waals surface area contributed by atoms with E-state index >= 15 is 0 Å². The smallest absolute Gasteiger partial charge is 0.351 e. The predicted molar refractivity (Wildman–Crippen MR) is 104 cm³/mol. The lowest BCUT2D eigenvalue weighted by atomic mass is 10.1. The zero-order valence-electron chi connectivity index (χ0n) is 14.6. The maximum Gasteiger partial charge on any atom is 0.351 e. The molecule has 140 valence electrons. The van der Waals surface area contributed by atoms with E-state index in [0.717, 1.165) is 10.2 Å². The quantitative estimate of drug-likeness (QED) is 0.588. The molecule has 2 aromatic carbocycles. The van der Waals surface area contributed by atoms with Crippen molar-refractivity contribution in [2.75, 3.05) is 6.61 Å². The molecule has 0 saturated carbocycles. The third-order valence-corrected chi connectivity index (χ3v) is 4.24. The Hall–Kier alpha value is -2.57. The van der Waals surface area contributed by atoms with E-state index in [0.29, 0.717) is 28.0 Å². The van der Waals surface area contributed by atoms with Crippen LogP contribution >= 0.6 is 23.2 Å². The summed E-state index contributed by atoms with van der Waals surface area (Å²) in [7, 11) is 0. The van der Waals surface area contributed by atoms with Crippen LogP contribution in [0.5, 0.6) is 0 Å². The van der Waals surface area contributed by atoms with Gasteiger partial charge in [-0.05, 0) is 30.7 Å². The predicted octanol–water partition coefficient (Wildman–Crippen LogP) is 3.49. The molecule has 0 aliphatic rings. The van der Waals surface area contributed by atoms with Crippen LogP contribution < -0.4 is 5.69 Å². The van der Waals surface area contributed by atoms with E-state index in [2.05, 4.69) is 5.10 Å². The lowest BCUT2D eigenvalue weighted by Gasteiger charge is -2.07. The van der Waals surface area contributed by atoms with E-state index in [4.69, 9.17) is 27.9 Å². The third kappa shape index (κ3) is 4.59. The summed E-state index contributed by atoms with van der Waals surface area (Å²) in [6.07, 6.45) is 0.399. The lowest BCUT2D eigenvalue weighted by molar-refractivity contribution is -0.144. The van der Waals surface area contributed by atoms with Crippen molar-refractivity contribution >= 4 is 29.2 Å². The average molecular weight is 406 g/mol. The molecular weight excluding hydrogens is 389 g/mol. The molecule has 3 rings (SSSR count). The molecule has 0 amide bonds. The van der Waals surface area contributed by atoms with Crippen molar-refractivity contribution in [2.45, 2.75) is 19.9 Å². The normalized spacial score (nSPS) is 10.8. The Morgan fingerprint density at radius 2 is 1.78 bits per heavy atom. The number of halogens is 2. The van der Waals surface area contributed by atoms with E-state index in [-0.39, 0.29) is 13.2 Å². The number of hydrogen-bond donors (Lipinski definition) is 0. The van der Waals surface area contributed by atoms with Gasteiger partial charge in [0.15, 0.2) is 0 Å². The second kappa shape index (κ2) is 8.41. The summed E-state index contributed by atoms with van der Waals surface area (Å²) in [5, 5.41) is 5.14. The molecule has 0 N–H and O–H groups in total. The first-order valence-corrected chi connectivity index (χ1v) is 9.08. The highest BCUT2D eigenvalue weighted by atomic mass is 35.5. The molecule has 0 radical (unpaired) electrons. The number of rotatable bonds is 6. The first-order valence-electron chi connectivity index (χ1n) is 8.32. The van der Waals surface area contributed by atoms with Crippen LogP contribution in [0.1, 0.15) is 18.3 Å². The molecule has 0 spiro atoms. The van der Waals surface area contributed by atoms with Gasteiger partial charge in [0.2, 0.25) is 0 Å². The van der Waals surface area contributed by atoms with Gasteiger partial charge in [0.1, 0.15) is 12.4 Å². The number of carbonyl (C=O) groups is 1. The number of aromatic nitrogens is 3. The molecule has 0 unspecified atom stereocenters. The largest absolute Gasteiger partial charge is 0.465 e. The van der Waals surface area contributed by atoms with Gasteiger partial charge in [0, 0.05) is 16.5 Å². The molecule has 3 aromatic rings. The molecule has 8 heteroatoms. The van der Waals surface area contributed by atoms with Gasteiger partial charge in [-0.1, -0.05) is 53.5 Å². The maximum atomic E-state index is 12.9. The molecule has 0 aliphatic heterocycles. The maximum absolute atomic E-state index is 12.9. The van der Waals surface area contributed by atoms with Crippen molar-refractivity contribution in [3.63, 3.8) is 0 Å². The molecule has 0 fully saturated rings. The van der Waals surface area contributed by atoms with Crippen LogP contribution in [-0.2, 0) is 22.5 Å². The SMILES string of the molecule is CCOC(=O)Cn1nc(Cc2ccccc2)n(-c2cc(Cl)cc(Cl)c2)c1=O. The molecule has 1 aromatic heterocycles. The van der Waals surface area contributed by atoms with Crippen LogP contribution in [0, 0.1) is 0 Å². The second-order valence-electron chi connectivity index (χ2n) is 5.79. The minimum absolute atomic E-state index is 0.231. The monoisotopic (exact) mass is 405 g/mol. The highest BCUT2D eigenvalue weighted by Crippen LogP contribution is 2.22. The fourth-order valence-corrected chi connectivity index (χ4v) is 3.22.